The van der Waals surface area contributed by atoms with Crippen LogP contribution < -0.4 is 0 Å². The molecule has 0 saturated carbocycles. The summed E-state index contributed by atoms with van der Waals surface area (Å²) in [5.41, 5.74) is 21.3. The fourth-order valence-electron chi connectivity index (χ4n) is 8.07. The van der Waals surface area contributed by atoms with E-state index in [0.717, 1.165) is 72.3 Å². The molecule has 0 aliphatic rings. The molecule has 0 fully saturated rings. The van der Waals surface area contributed by atoms with Gasteiger partial charge in [0, 0.05) is 54.5 Å². The van der Waals surface area contributed by atoms with E-state index in [1.54, 1.807) is 0 Å². The van der Waals surface area contributed by atoms with Crippen molar-refractivity contribution in [3.63, 3.8) is 0 Å². The average molecular weight is 969 g/mol. The molecule has 0 aliphatic heterocycles. The summed E-state index contributed by atoms with van der Waals surface area (Å²) >= 11 is 0. The summed E-state index contributed by atoms with van der Waals surface area (Å²) in [6.45, 7) is 14.7. The van der Waals surface area contributed by atoms with Crippen molar-refractivity contribution in [1.29, 1.82) is 0 Å². The van der Waals surface area contributed by atoms with E-state index in [9.17, 15) is 0 Å². The maximum Gasteiger partial charge on any atom is 0.216 e. The van der Waals surface area contributed by atoms with E-state index in [1.165, 1.54) is 50.1 Å². The smallest absolute Gasteiger partial charge is 0.216 e. The Morgan fingerprint density at radius 1 is 0.525 bits per heavy atom. The zero-order valence-corrected chi connectivity index (χ0v) is 37.7. The molecule has 0 aliphatic carbocycles. The molecule has 0 atom stereocenters. The summed E-state index contributed by atoms with van der Waals surface area (Å²) in [7, 11) is 0. The number of hydrogen-bond acceptors (Lipinski definition) is 5. The number of rotatable bonds is 5. The van der Waals surface area contributed by atoms with Crippen LogP contribution in [0.25, 0.3) is 89.0 Å². The van der Waals surface area contributed by atoms with Crippen LogP contribution in [-0.2, 0) is 20.1 Å². The Bertz CT molecular complexity index is 3220. The average Bonchev–Trinajstić information content (AvgIpc) is 3.63. The van der Waals surface area contributed by atoms with Gasteiger partial charge < -0.3 is 14.4 Å². The zero-order chi connectivity index (χ0) is 41.5. The van der Waals surface area contributed by atoms with Crippen molar-refractivity contribution in [3.8, 4) is 56.0 Å². The van der Waals surface area contributed by atoms with Crippen LogP contribution >= 0.6 is 0 Å². The van der Waals surface area contributed by atoms with Gasteiger partial charge in [0.15, 0.2) is 0 Å². The molecule has 0 amide bonds. The molecule has 0 unspecified atom stereocenters. The number of aryl methyl sites for hydroxylation is 7. The van der Waals surface area contributed by atoms with Gasteiger partial charge in [-0.15, -0.1) is 47.5 Å². The van der Waals surface area contributed by atoms with E-state index in [1.807, 2.05) is 43.6 Å². The second-order valence-electron chi connectivity index (χ2n) is 15.7. The van der Waals surface area contributed by atoms with Crippen LogP contribution in [0.15, 0.2) is 144 Å². The minimum Gasteiger partial charge on any atom is -0.486 e. The Hall–Kier alpha value is -6.59. The fourth-order valence-corrected chi connectivity index (χ4v) is 8.07. The van der Waals surface area contributed by atoms with E-state index in [2.05, 4.69) is 167 Å². The van der Waals surface area contributed by atoms with Crippen LogP contribution in [0.5, 0.6) is 0 Å². The third-order valence-corrected chi connectivity index (χ3v) is 11.5. The van der Waals surface area contributed by atoms with Crippen LogP contribution in [0, 0.1) is 60.6 Å². The quantitative estimate of drug-likeness (QED) is 0.161. The SMILES string of the molecule is Cc1ccc2c(n1)oc1c(-c3cc(-c4ccc5nc(-c6c(C)cccc6C)ccc5c4C)ccn3)[c-]ccc12.Cc1cnc(-c2[c-]cc(C)c(-c3ccccc3)c2)cc1C.[Ir]. The Labute approximate surface area is 371 Å². The van der Waals surface area contributed by atoms with Gasteiger partial charge in [0.25, 0.3) is 0 Å². The second-order valence-corrected chi connectivity index (χ2v) is 15.7. The summed E-state index contributed by atoms with van der Waals surface area (Å²) in [6, 6.07) is 50.7. The van der Waals surface area contributed by atoms with Crippen LogP contribution in [-0.4, -0.2) is 19.9 Å². The molecule has 0 spiro atoms. The van der Waals surface area contributed by atoms with Gasteiger partial charge in [-0.2, -0.15) is 0 Å². The molecule has 10 aromatic rings. The normalized spacial score (nSPS) is 11.1. The molecular formula is C55H44IrN4O-2. The molecular weight excluding hydrogens is 925 g/mol. The number of aromatic nitrogens is 4. The molecule has 5 aromatic heterocycles. The molecule has 0 N–H and O–H groups in total. The van der Waals surface area contributed by atoms with Gasteiger partial charge in [0.2, 0.25) is 5.71 Å². The van der Waals surface area contributed by atoms with Crippen LogP contribution in [0.1, 0.15) is 39.1 Å². The molecule has 301 valence electrons. The van der Waals surface area contributed by atoms with E-state index in [-0.39, 0.29) is 20.1 Å². The molecule has 0 bridgehead atoms. The number of nitrogens with zero attached hydrogens (tertiary/aromatic N) is 4. The Morgan fingerprint density at radius 3 is 2.10 bits per heavy atom. The third kappa shape index (κ3) is 8.05. The zero-order valence-electron chi connectivity index (χ0n) is 35.3. The minimum atomic E-state index is 0. The Kier molecular flexibility index (Phi) is 11.6. The molecule has 0 saturated heterocycles. The monoisotopic (exact) mass is 969 g/mol. The largest absolute Gasteiger partial charge is 0.486 e. The summed E-state index contributed by atoms with van der Waals surface area (Å²) in [6.07, 6.45) is 3.79. The predicted molar refractivity (Wildman–Crippen MR) is 247 cm³/mol. The second kappa shape index (κ2) is 17.2. The maximum atomic E-state index is 6.22. The molecule has 6 heteroatoms. The fraction of sp³-hybridized carbons (Fsp3) is 0.127. The van der Waals surface area contributed by atoms with Crippen LogP contribution in [0.2, 0.25) is 0 Å². The number of fused-ring (bicyclic) bond motifs is 4. The first-order valence-electron chi connectivity index (χ1n) is 20.3. The van der Waals surface area contributed by atoms with Gasteiger partial charge >= 0.3 is 0 Å². The van der Waals surface area contributed by atoms with Gasteiger partial charge in [-0.25, -0.2) is 9.97 Å². The van der Waals surface area contributed by atoms with Crippen LogP contribution in [0.3, 0.4) is 0 Å². The van der Waals surface area contributed by atoms with Crippen molar-refractivity contribution in [2.75, 3.05) is 0 Å². The third-order valence-electron chi connectivity index (χ3n) is 11.5. The van der Waals surface area contributed by atoms with Gasteiger partial charge in [0.1, 0.15) is 0 Å². The summed E-state index contributed by atoms with van der Waals surface area (Å²) in [5.74, 6) is 0. The predicted octanol–water partition coefficient (Wildman–Crippen LogP) is 14.1. The first-order chi connectivity index (χ1) is 29.1. The van der Waals surface area contributed by atoms with Gasteiger partial charge in [-0.3, -0.25) is 0 Å². The summed E-state index contributed by atoms with van der Waals surface area (Å²) in [4.78, 5) is 18.9. The molecule has 5 heterocycles. The number of pyridine rings is 4. The van der Waals surface area contributed by atoms with Crippen molar-refractivity contribution in [3.05, 3.63) is 191 Å². The topological polar surface area (TPSA) is 64.7 Å². The van der Waals surface area contributed by atoms with E-state index in [4.69, 9.17) is 14.4 Å². The number of hydrogen-bond donors (Lipinski definition) is 0. The number of furan rings is 1. The minimum absolute atomic E-state index is 0. The maximum absolute atomic E-state index is 6.22. The van der Waals surface area contributed by atoms with Gasteiger partial charge in [-0.1, -0.05) is 102 Å². The standard InChI is InChI=1S/C35H26N3O.C20H18N.Ir/c1-20-7-5-8-21(2)33(20)31-16-14-26-23(4)25(13-15-30(26)38-31)24-17-18-36-32(19-24)29-10-6-9-27-28-12-11-22(3)37-35(28)39-34(27)29;1-14-9-10-18(20-11-15(2)16(3)13-21-20)12-19(14)17-7-5-4-6-8-17;/h5-9,11-19H,1-4H3;4-9,11-13H,1-3H3;/q2*-1;. The van der Waals surface area contributed by atoms with E-state index >= 15 is 0 Å². The first-order valence-corrected chi connectivity index (χ1v) is 20.3. The van der Waals surface area contributed by atoms with Gasteiger partial charge in [-0.05, 0) is 122 Å². The molecule has 10 rings (SSSR count). The molecule has 61 heavy (non-hydrogen) atoms. The van der Waals surface area contributed by atoms with Gasteiger partial charge in [0.05, 0.1) is 16.8 Å². The Balaban J connectivity index is 0.000000198. The summed E-state index contributed by atoms with van der Waals surface area (Å²) < 4.78 is 6.22. The molecule has 5 aromatic carbocycles. The molecule has 1 radical (unpaired) electrons. The summed E-state index contributed by atoms with van der Waals surface area (Å²) in [5, 5.41) is 3.17. The molecule has 5 nitrogen and oxygen atoms in total. The van der Waals surface area contributed by atoms with Crippen molar-refractivity contribution in [1.82, 2.24) is 19.9 Å². The van der Waals surface area contributed by atoms with Crippen molar-refractivity contribution in [2.45, 2.75) is 48.5 Å². The number of benzene rings is 5. The van der Waals surface area contributed by atoms with E-state index < -0.39 is 0 Å². The Morgan fingerprint density at radius 2 is 1.31 bits per heavy atom. The van der Waals surface area contributed by atoms with Crippen molar-refractivity contribution < 1.29 is 24.5 Å². The van der Waals surface area contributed by atoms with Crippen molar-refractivity contribution in [2.24, 2.45) is 0 Å². The van der Waals surface area contributed by atoms with Crippen molar-refractivity contribution >= 4 is 33.0 Å². The first kappa shape index (κ1) is 41.2. The van der Waals surface area contributed by atoms with E-state index in [0.29, 0.717) is 5.71 Å². The van der Waals surface area contributed by atoms with Crippen LogP contribution in [0.4, 0.5) is 0 Å².